The average molecular weight is 281 g/mol. The van der Waals surface area contributed by atoms with E-state index in [1.807, 2.05) is 31.6 Å². The normalized spacial score (nSPS) is 23.9. The number of alkyl carbamates (subject to hydrolysis) is 1. The van der Waals surface area contributed by atoms with Crippen molar-refractivity contribution in [2.45, 2.75) is 64.3 Å². The Bertz CT molecular complexity index is 470. The molecule has 1 fully saturated rings. The Balaban J connectivity index is 1.78. The van der Waals surface area contributed by atoms with Crippen molar-refractivity contribution >= 4 is 6.09 Å². The highest BCUT2D eigenvalue weighted by Crippen LogP contribution is 2.32. The maximum atomic E-state index is 11.6. The van der Waals surface area contributed by atoms with Gasteiger partial charge >= 0.3 is 6.09 Å². The molecule has 0 aromatic carbocycles. The molecule has 1 aliphatic rings. The van der Waals surface area contributed by atoms with Crippen molar-refractivity contribution in [3.8, 4) is 0 Å². The molecule has 0 spiro atoms. The predicted octanol–water partition coefficient (Wildman–Crippen LogP) is 2.16. The molecule has 0 saturated heterocycles. The number of carbonyl (C=O) groups is 1. The summed E-state index contributed by atoms with van der Waals surface area (Å²) in [5, 5.41) is 16.6. The number of nitrogens with one attached hydrogen (secondary N) is 1. The highest BCUT2D eigenvalue weighted by molar-refractivity contribution is 5.68. The van der Waals surface area contributed by atoms with Gasteiger partial charge in [0.15, 0.2) is 0 Å². The molecule has 1 unspecified atom stereocenters. The number of aromatic nitrogens is 2. The van der Waals surface area contributed by atoms with Gasteiger partial charge in [-0.25, -0.2) is 4.79 Å². The summed E-state index contributed by atoms with van der Waals surface area (Å²) >= 11 is 0. The van der Waals surface area contributed by atoms with Crippen molar-refractivity contribution < 1.29 is 14.6 Å². The van der Waals surface area contributed by atoms with Crippen molar-refractivity contribution in [2.24, 2.45) is 0 Å². The molecule has 1 amide bonds. The van der Waals surface area contributed by atoms with E-state index >= 15 is 0 Å². The monoisotopic (exact) mass is 281 g/mol. The zero-order chi connectivity index (χ0) is 14.9. The molecular formula is C14H23N3O3. The molecule has 0 radical (unpaired) electrons. The maximum absolute atomic E-state index is 11.6. The Kier molecular flexibility index (Phi) is 4.04. The third-order valence-electron chi connectivity index (χ3n) is 3.31. The third kappa shape index (κ3) is 3.72. The van der Waals surface area contributed by atoms with Gasteiger partial charge in [0.25, 0.3) is 0 Å². The lowest BCUT2D eigenvalue weighted by Gasteiger charge is -2.36. The van der Waals surface area contributed by atoms with E-state index in [4.69, 9.17) is 4.74 Å². The molecule has 2 rings (SSSR count). The van der Waals surface area contributed by atoms with Gasteiger partial charge in [0.2, 0.25) is 0 Å². The Morgan fingerprint density at radius 3 is 2.70 bits per heavy atom. The molecule has 1 aromatic rings. The fourth-order valence-electron chi connectivity index (χ4n) is 2.16. The molecule has 20 heavy (non-hydrogen) atoms. The molecule has 6 nitrogen and oxygen atoms in total. The van der Waals surface area contributed by atoms with Crippen LogP contribution in [0.15, 0.2) is 12.4 Å². The van der Waals surface area contributed by atoms with Gasteiger partial charge in [0, 0.05) is 17.8 Å². The fraction of sp³-hybridized carbons (Fsp3) is 0.714. The van der Waals surface area contributed by atoms with Crippen molar-refractivity contribution in [1.29, 1.82) is 0 Å². The van der Waals surface area contributed by atoms with E-state index in [9.17, 15) is 9.90 Å². The summed E-state index contributed by atoms with van der Waals surface area (Å²) in [4.78, 5) is 11.6. The molecule has 1 aromatic heterocycles. The second-order valence-corrected chi connectivity index (χ2v) is 6.40. The van der Waals surface area contributed by atoms with E-state index in [0.29, 0.717) is 0 Å². The van der Waals surface area contributed by atoms with E-state index in [1.54, 1.807) is 13.1 Å². The molecule has 1 saturated carbocycles. The number of nitrogens with zero attached hydrogens (tertiary/aromatic N) is 2. The van der Waals surface area contributed by atoms with Gasteiger partial charge in [0.1, 0.15) is 5.60 Å². The summed E-state index contributed by atoms with van der Waals surface area (Å²) < 4.78 is 7.07. The van der Waals surface area contributed by atoms with Gasteiger partial charge in [-0.15, -0.1) is 0 Å². The quantitative estimate of drug-likeness (QED) is 0.890. The van der Waals surface area contributed by atoms with Crippen LogP contribution in [0.5, 0.6) is 0 Å². The van der Waals surface area contributed by atoms with E-state index in [2.05, 4.69) is 10.4 Å². The van der Waals surface area contributed by atoms with Gasteiger partial charge in [-0.1, -0.05) is 0 Å². The third-order valence-corrected chi connectivity index (χ3v) is 3.31. The van der Waals surface area contributed by atoms with E-state index in [-0.39, 0.29) is 18.2 Å². The molecule has 2 N–H and O–H groups in total. The average Bonchev–Trinajstić information content (AvgIpc) is 2.68. The van der Waals surface area contributed by atoms with Crippen LogP contribution in [0.2, 0.25) is 0 Å². The minimum absolute atomic E-state index is 0.133. The topological polar surface area (TPSA) is 76.4 Å². The molecule has 1 aliphatic carbocycles. The van der Waals surface area contributed by atoms with E-state index in [0.717, 1.165) is 18.4 Å². The van der Waals surface area contributed by atoms with Crippen LogP contribution in [0.25, 0.3) is 0 Å². The number of carbonyl (C=O) groups excluding carboxylic acids is 1. The van der Waals surface area contributed by atoms with Crippen molar-refractivity contribution in [2.75, 3.05) is 0 Å². The number of hydrogen-bond acceptors (Lipinski definition) is 4. The van der Waals surface area contributed by atoms with Gasteiger partial charge in [0.05, 0.1) is 18.3 Å². The number of amides is 1. The summed E-state index contributed by atoms with van der Waals surface area (Å²) in [5.41, 5.74) is 0.343. The summed E-state index contributed by atoms with van der Waals surface area (Å²) in [7, 11) is 0. The summed E-state index contributed by atoms with van der Waals surface area (Å²) in [6.45, 7) is 7.25. The number of aliphatic hydroxyl groups is 1. The zero-order valence-corrected chi connectivity index (χ0v) is 12.5. The first-order chi connectivity index (χ1) is 9.24. The maximum Gasteiger partial charge on any atom is 0.407 e. The first-order valence-corrected chi connectivity index (χ1v) is 6.96. The second-order valence-electron chi connectivity index (χ2n) is 6.40. The van der Waals surface area contributed by atoms with Gasteiger partial charge in [-0.3, -0.25) is 4.68 Å². The Labute approximate surface area is 119 Å². The number of rotatable bonds is 3. The van der Waals surface area contributed by atoms with Crippen LogP contribution in [0, 0.1) is 0 Å². The van der Waals surface area contributed by atoms with E-state index < -0.39 is 11.7 Å². The van der Waals surface area contributed by atoms with Gasteiger partial charge in [-0.2, -0.15) is 5.10 Å². The fourth-order valence-corrected chi connectivity index (χ4v) is 2.16. The van der Waals surface area contributed by atoms with Gasteiger partial charge < -0.3 is 15.2 Å². The smallest absolute Gasteiger partial charge is 0.407 e. The van der Waals surface area contributed by atoms with Crippen LogP contribution in [0.1, 0.15) is 58.2 Å². The molecule has 0 aliphatic heterocycles. The molecule has 1 atom stereocenters. The molecule has 0 bridgehead atoms. The van der Waals surface area contributed by atoms with Crippen LogP contribution in [0.4, 0.5) is 4.79 Å². The van der Waals surface area contributed by atoms with Gasteiger partial charge in [-0.05, 0) is 40.5 Å². The minimum atomic E-state index is -0.500. The highest BCUT2D eigenvalue weighted by Gasteiger charge is 2.33. The highest BCUT2D eigenvalue weighted by atomic mass is 16.6. The predicted molar refractivity (Wildman–Crippen MR) is 74.3 cm³/mol. The van der Waals surface area contributed by atoms with Crippen LogP contribution in [-0.2, 0) is 4.74 Å². The molecule has 6 heteroatoms. The molecule has 112 valence electrons. The first kappa shape index (κ1) is 14.8. The number of ether oxygens (including phenoxy) is 1. The van der Waals surface area contributed by atoms with Crippen molar-refractivity contribution in [1.82, 2.24) is 15.1 Å². The Morgan fingerprint density at radius 1 is 1.55 bits per heavy atom. The molecule has 1 heterocycles. The summed E-state index contributed by atoms with van der Waals surface area (Å²) in [5.74, 6) is 0. The summed E-state index contributed by atoms with van der Waals surface area (Å²) in [6, 6.07) is 0.413. The SMILES string of the molecule is CC(O)c1cnn(C2CC(NC(=O)OC(C)(C)C)C2)c1. The Hall–Kier alpha value is -1.56. The number of aliphatic hydroxyl groups excluding tert-OH is 1. The van der Waals surface area contributed by atoms with Crippen molar-refractivity contribution in [3.05, 3.63) is 18.0 Å². The first-order valence-electron chi connectivity index (χ1n) is 6.96. The van der Waals surface area contributed by atoms with Crippen LogP contribution in [-0.4, -0.2) is 32.6 Å². The largest absolute Gasteiger partial charge is 0.444 e. The zero-order valence-electron chi connectivity index (χ0n) is 12.5. The van der Waals surface area contributed by atoms with E-state index in [1.165, 1.54) is 0 Å². The van der Waals surface area contributed by atoms with Crippen LogP contribution >= 0.6 is 0 Å². The van der Waals surface area contributed by atoms with Crippen LogP contribution < -0.4 is 5.32 Å². The second kappa shape index (κ2) is 5.44. The lowest BCUT2D eigenvalue weighted by atomic mass is 9.87. The molecular weight excluding hydrogens is 258 g/mol. The summed E-state index contributed by atoms with van der Waals surface area (Å²) in [6.07, 6.45) is 4.34. The standard InChI is InChI=1S/C14H23N3O3/c1-9(18)10-7-15-17(8-10)12-5-11(6-12)16-13(19)20-14(2,3)4/h7-9,11-12,18H,5-6H2,1-4H3,(H,16,19). The lowest BCUT2D eigenvalue weighted by Crippen LogP contribution is -2.46. The lowest BCUT2D eigenvalue weighted by molar-refractivity contribution is 0.0452. The number of hydrogen-bond donors (Lipinski definition) is 2. The Morgan fingerprint density at radius 2 is 2.20 bits per heavy atom. The van der Waals surface area contributed by atoms with Crippen LogP contribution in [0.3, 0.4) is 0 Å². The van der Waals surface area contributed by atoms with Crippen molar-refractivity contribution in [3.63, 3.8) is 0 Å². The minimum Gasteiger partial charge on any atom is -0.444 e.